The Balaban J connectivity index is 2.18. The van der Waals surface area contributed by atoms with E-state index in [-0.39, 0.29) is 11.7 Å². The van der Waals surface area contributed by atoms with Crippen LogP contribution in [0.4, 0.5) is 0 Å². The molecular formula is C16H19ClO3. The summed E-state index contributed by atoms with van der Waals surface area (Å²) in [6.07, 6.45) is 3.01. The number of ketones is 1. The van der Waals surface area contributed by atoms with Gasteiger partial charge in [0.05, 0.1) is 0 Å². The second-order valence-electron chi connectivity index (χ2n) is 5.52. The minimum atomic E-state index is -1.17. The molecule has 2 atom stereocenters. The molecule has 2 rings (SSSR count). The molecule has 1 fully saturated rings. The fraction of sp³-hybridized carbons (Fsp3) is 0.500. The molecule has 3 nitrogen and oxygen atoms in total. The third-order valence-electron chi connectivity index (χ3n) is 4.41. The van der Waals surface area contributed by atoms with E-state index in [9.17, 15) is 14.7 Å². The number of carbonyl (C=O) groups excluding carboxylic acids is 1. The zero-order valence-corrected chi connectivity index (χ0v) is 12.3. The zero-order chi connectivity index (χ0) is 14.8. The Kier molecular flexibility index (Phi) is 4.48. The van der Waals surface area contributed by atoms with Crippen LogP contribution in [0.3, 0.4) is 0 Å². The number of carboxylic acids is 1. The molecule has 2 unspecified atom stereocenters. The van der Waals surface area contributed by atoms with Crippen LogP contribution < -0.4 is 0 Å². The van der Waals surface area contributed by atoms with Crippen molar-refractivity contribution in [3.63, 3.8) is 0 Å². The molecular weight excluding hydrogens is 276 g/mol. The molecule has 1 aromatic carbocycles. The second-order valence-corrected chi connectivity index (χ2v) is 5.96. The summed E-state index contributed by atoms with van der Waals surface area (Å²) in [5.74, 6) is -1.26. The van der Waals surface area contributed by atoms with Gasteiger partial charge in [-0.05, 0) is 43.4 Å². The SMILES string of the molecule is CCC1(C(=O)O)CCCC(Cc2ccc(Cl)cc2)C1=O. The number of aliphatic carboxylic acids is 1. The van der Waals surface area contributed by atoms with Gasteiger partial charge in [-0.1, -0.05) is 37.1 Å². The van der Waals surface area contributed by atoms with E-state index < -0.39 is 11.4 Å². The van der Waals surface area contributed by atoms with Crippen molar-refractivity contribution < 1.29 is 14.7 Å². The molecule has 20 heavy (non-hydrogen) atoms. The van der Waals surface area contributed by atoms with Crippen LogP contribution in [0.5, 0.6) is 0 Å². The van der Waals surface area contributed by atoms with Crippen LogP contribution in [0, 0.1) is 11.3 Å². The highest BCUT2D eigenvalue weighted by atomic mass is 35.5. The molecule has 4 heteroatoms. The van der Waals surface area contributed by atoms with E-state index in [2.05, 4.69) is 0 Å². The average molecular weight is 295 g/mol. The van der Waals surface area contributed by atoms with Crippen LogP contribution in [0.25, 0.3) is 0 Å². The van der Waals surface area contributed by atoms with Crippen LogP contribution in [0.15, 0.2) is 24.3 Å². The Labute approximate surface area is 123 Å². The largest absolute Gasteiger partial charge is 0.480 e. The van der Waals surface area contributed by atoms with E-state index in [1.54, 1.807) is 19.1 Å². The third kappa shape index (κ3) is 2.73. The highest BCUT2D eigenvalue weighted by molar-refractivity contribution is 6.30. The Morgan fingerprint density at radius 3 is 2.60 bits per heavy atom. The van der Waals surface area contributed by atoms with Crippen molar-refractivity contribution in [2.24, 2.45) is 11.3 Å². The first-order chi connectivity index (χ1) is 9.49. The molecule has 0 aromatic heterocycles. The normalized spacial score (nSPS) is 26.5. The van der Waals surface area contributed by atoms with Gasteiger partial charge in [0.25, 0.3) is 0 Å². The van der Waals surface area contributed by atoms with Crippen molar-refractivity contribution in [3.8, 4) is 0 Å². The van der Waals surface area contributed by atoms with Gasteiger partial charge in [-0.25, -0.2) is 0 Å². The Morgan fingerprint density at radius 1 is 1.40 bits per heavy atom. The first-order valence-electron chi connectivity index (χ1n) is 7.02. The number of carboxylic acid groups (broad SMARTS) is 1. The minimum absolute atomic E-state index is 0.103. The fourth-order valence-electron chi connectivity index (χ4n) is 3.11. The molecule has 1 aromatic rings. The maximum atomic E-state index is 12.6. The summed E-state index contributed by atoms with van der Waals surface area (Å²) in [7, 11) is 0. The smallest absolute Gasteiger partial charge is 0.317 e. The molecule has 0 heterocycles. The van der Waals surface area contributed by atoms with E-state index in [1.165, 1.54) is 0 Å². The molecule has 0 amide bonds. The number of halogens is 1. The van der Waals surface area contributed by atoms with Gasteiger partial charge < -0.3 is 5.11 Å². The van der Waals surface area contributed by atoms with E-state index in [0.717, 1.165) is 18.4 Å². The molecule has 1 saturated carbocycles. The summed E-state index contributed by atoms with van der Waals surface area (Å²) in [5, 5.41) is 10.1. The van der Waals surface area contributed by atoms with Gasteiger partial charge in [0.1, 0.15) is 5.41 Å². The number of hydrogen-bond donors (Lipinski definition) is 1. The molecule has 0 radical (unpaired) electrons. The lowest BCUT2D eigenvalue weighted by molar-refractivity contribution is -0.159. The predicted octanol–water partition coefficient (Wildman–Crippen LogP) is 3.73. The lowest BCUT2D eigenvalue weighted by Gasteiger charge is -2.35. The molecule has 0 aliphatic heterocycles. The number of benzene rings is 1. The van der Waals surface area contributed by atoms with Crippen molar-refractivity contribution >= 4 is 23.4 Å². The number of carbonyl (C=O) groups is 2. The molecule has 0 bridgehead atoms. The summed E-state index contributed by atoms with van der Waals surface area (Å²) < 4.78 is 0. The van der Waals surface area contributed by atoms with Crippen LogP contribution in [-0.2, 0) is 16.0 Å². The zero-order valence-electron chi connectivity index (χ0n) is 11.6. The van der Waals surface area contributed by atoms with Gasteiger partial charge >= 0.3 is 5.97 Å². The summed E-state index contributed by atoms with van der Waals surface area (Å²) in [4.78, 5) is 24.1. The summed E-state index contributed by atoms with van der Waals surface area (Å²) in [5.41, 5.74) is -0.139. The van der Waals surface area contributed by atoms with Crippen molar-refractivity contribution in [2.45, 2.75) is 39.0 Å². The second kappa shape index (κ2) is 5.96. The van der Waals surface area contributed by atoms with Crippen LogP contribution >= 0.6 is 11.6 Å². The predicted molar refractivity (Wildman–Crippen MR) is 77.9 cm³/mol. The first kappa shape index (κ1) is 15.0. The highest BCUT2D eigenvalue weighted by Gasteiger charge is 2.49. The van der Waals surface area contributed by atoms with Gasteiger partial charge in [0.2, 0.25) is 0 Å². The molecule has 1 aliphatic rings. The van der Waals surface area contributed by atoms with Gasteiger partial charge in [0.15, 0.2) is 5.78 Å². The molecule has 1 N–H and O–H groups in total. The molecule has 108 valence electrons. The quantitative estimate of drug-likeness (QED) is 0.861. The van der Waals surface area contributed by atoms with Crippen molar-refractivity contribution in [3.05, 3.63) is 34.9 Å². The third-order valence-corrected chi connectivity index (χ3v) is 4.66. The van der Waals surface area contributed by atoms with Crippen LogP contribution in [0.1, 0.15) is 38.2 Å². The van der Waals surface area contributed by atoms with E-state index in [4.69, 9.17) is 11.6 Å². The van der Waals surface area contributed by atoms with E-state index in [0.29, 0.717) is 24.3 Å². The van der Waals surface area contributed by atoms with Crippen molar-refractivity contribution in [1.29, 1.82) is 0 Å². The lowest BCUT2D eigenvalue weighted by Crippen LogP contribution is -2.46. The topological polar surface area (TPSA) is 54.4 Å². The van der Waals surface area contributed by atoms with Crippen LogP contribution in [-0.4, -0.2) is 16.9 Å². The molecule has 1 aliphatic carbocycles. The van der Waals surface area contributed by atoms with E-state index in [1.807, 2.05) is 12.1 Å². The number of rotatable bonds is 4. The highest BCUT2D eigenvalue weighted by Crippen LogP contribution is 2.40. The van der Waals surface area contributed by atoms with E-state index >= 15 is 0 Å². The van der Waals surface area contributed by atoms with Crippen LogP contribution in [0.2, 0.25) is 5.02 Å². The average Bonchev–Trinajstić information content (AvgIpc) is 2.43. The van der Waals surface area contributed by atoms with Gasteiger partial charge in [-0.15, -0.1) is 0 Å². The fourth-order valence-corrected chi connectivity index (χ4v) is 3.24. The van der Waals surface area contributed by atoms with Crippen molar-refractivity contribution in [2.75, 3.05) is 0 Å². The maximum absolute atomic E-state index is 12.6. The summed E-state index contributed by atoms with van der Waals surface area (Å²) in [6.45, 7) is 1.79. The summed E-state index contributed by atoms with van der Waals surface area (Å²) >= 11 is 5.85. The molecule has 0 saturated heterocycles. The van der Waals surface area contributed by atoms with Gasteiger partial charge in [-0.2, -0.15) is 0 Å². The van der Waals surface area contributed by atoms with Crippen molar-refractivity contribution in [1.82, 2.24) is 0 Å². The lowest BCUT2D eigenvalue weighted by atomic mass is 9.66. The molecule has 0 spiro atoms. The monoisotopic (exact) mass is 294 g/mol. The summed E-state index contributed by atoms with van der Waals surface area (Å²) in [6, 6.07) is 7.40. The minimum Gasteiger partial charge on any atom is -0.480 e. The number of Topliss-reactive ketones (excluding diaryl/α,β-unsaturated/α-hetero) is 1. The Morgan fingerprint density at radius 2 is 2.05 bits per heavy atom. The first-order valence-corrected chi connectivity index (χ1v) is 7.39. The Bertz CT molecular complexity index is 509. The Hall–Kier alpha value is -1.35. The maximum Gasteiger partial charge on any atom is 0.317 e. The van der Waals surface area contributed by atoms with Gasteiger partial charge in [0, 0.05) is 10.9 Å². The van der Waals surface area contributed by atoms with Gasteiger partial charge in [-0.3, -0.25) is 9.59 Å². The number of hydrogen-bond acceptors (Lipinski definition) is 2. The standard InChI is InChI=1S/C16H19ClO3/c1-2-16(15(19)20)9-3-4-12(14(16)18)10-11-5-7-13(17)8-6-11/h5-8,12H,2-4,9-10H2,1H3,(H,19,20).